The third-order valence-electron chi connectivity index (χ3n) is 6.31. The summed E-state index contributed by atoms with van der Waals surface area (Å²) in [7, 11) is 0. The largest absolute Gasteiger partial charge is 0.444 e. The summed E-state index contributed by atoms with van der Waals surface area (Å²) in [5.41, 5.74) is 2.67. The van der Waals surface area contributed by atoms with Crippen molar-refractivity contribution in [3.05, 3.63) is 47.7 Å². The smallest absolute Gasteiger partial charge is 0.407 e. The highest BCUT2D eigenvalue weighted by molar-refractivity contribution is 5.99. The third kappa shape index (κ3) is 8.30. The van der Waals surface area contributed by atoms with Gasteiger partial charge in [0.15, 0.2) is 0 Å². The van der Waals surface area contributed by atoms with Crippen LogP contribution in [0.1, 0.15) is 64.9 Å². The number of amides is 1. The normalized spacial score (nSPS) is 23.7. The molecule has 1 amide bonds. The topological polar surface area (TPSA) is 77.5 Å². The molecule has 6 nitrogen and oxygen atoms in total. The van der Waals surface area contributed by atoms with Crippen LogP contribution in [-0.4, -0.2) is 48.0 Å². The van der Waals surface area contributed by atoms with Gasteiger partial charge in [-0.1, -0.05) is 30.3 Å². The summed E-state index contributed by atoms with van der Waals surface area (Å²) < 4.78 is 5.37. The fraction of sp³-hybridized carbons (Fsp3) is 0.615. The van der Waals surface area contributed by atoms with Crippen LogP contribution in [0.3, 0.4) is 0 Å². The monoisotopic (exact) mass is 440 g/mol. The fourth-order valence-electron chi connectivity index (χ4n) is 4.51. The molecule has 0 spiro atoms. The quantitative estimate of drug-likeness (QED) is 0.566. The number of alkyl carbamates (subject to hydrolysis) is 1. The van der Waals surface area contributed by atoms with E-state index >= 15 is 0 Å². The number of carbonyl (C=O) groups excluding carboxylic acids is 1. The molecule has 1 heterocycles. The molecule has 3 rings (SSSR count). The van der Waals surface area contributed by atoms with Gasteiger partial charge in [-0.3, -0.25) is 4.90 Å². The van der Waals surface area contributed by atoms with Crippen LogP contribution in [0.5, 0.6) is 0 Å². The van der Waals surface area contributed by atoms with Crippen molar-refractivity contribution in [3.8, 4) is 0 Å². The minimum atomic E-state index is -0.448. The lowest BCUT2D eigenvalue weighted by atomic mass is 9.84. The maximum Gasteiger partial charge on any atom is 0.407 e. The van der Waals surface area contributed by atoms with E-state index < -0.39 is 5.60 Å². The van der Waals surface area contributed by atoms with Gasteiger partial charge in [0.05, 0.1) is 5.71 Å². The summed E-state index contributed by atoms with van der Waals surface area (Å²) in [4.78, 5) is 14.4. The molecule has 1 saturated heterocycles. The standard InChI is InChI=1S/C26H40N4O2/c1-26(2,3)32-25(31)29-23-11-9-20(10-12-23)13-15-30-16-14-22(24(27)19-30)18-28-17-21-7-5-4-6-8-21/h4-8,18,20,23,27-28H,9-17,19H2,1-3H3,(H,29,31)/b22-18-,27-24?/t20-,23-. The van der Waals surface area contributed by atoms with Gasteiger partial charge in [0.25, 0.3) is 0 Å². The number of piperidine rings is 1. The van der Waals surface area contributed by atoms with Gasteiger partial charge in [0, 0.05) is 31.9 Å². The molecule has 0 unspecified atom stereocenters. The number of hydrogen-bond donors (Lipinski definition) is 3. The second-order valence-electron chi connectivity index (χ2n) is 10.2. The van der Waals surface area contributed by atoms with Gasteiger partial charge in [0.2, 0.25) is 0 Å². The van der Waals surface area contributed by atoms with Crippen LogP contribution in [0.4, 0.5) is 4.79 Å². The average Bonchev–Trinajstić information content (AvgIpc) is 2.74. The molecule has 2 aliphatic rings. The lowest BCUT2D eigenvalue weighted by Crippen LogP contribution is -2.41. The van der Waals surface area contributed by atoms with E-state index in [1.54, 1.807) is 0 Å². The predicted molar refractivity (Wildman–Crippen MR) is 130 cm³/mol. The number of nitrogens with one attached hydrogen (secondary N) is 3. The summed E-state index contributed by atoms with van der Waals surface area (Å²) in [6.45, 7) is 9.30. The second-order valence-corrected chi connectivity index (χ2v) is 10.2. The number of benzene rings is 1. The first-order chi connectivity index (χ1) is 15.3. The van der Waals surface area contributed by atoms with E-state index in [2.05, 4.69) is 39.8 Å². The van der Waals surface area contributed by atoms with Crippen LogP contribution < -0.4 is 10.6 Å². The minimum absolute atomic E-state index is 0.236. The maximum atomic E-state index is 12.0. The van der Waals surface area contributed by atoms with E-state index in [1.165, 1.54) is 12.0 Å². The molecule has 1 aromatic carbocycles. The van der Waals surface area contributed by atoms with Crippen molar-refractivity contribution in [2.75, 3.05) is 19.6 Å². The summed E-state index contributed by atoms with van der Waals surface area (Å²) in [5.74, 6) is 0.713. The van der Waals surface area contributed by atoms with E-state index in [9.17, 15) is 4.79 Å². The van der Waals surface area contributed by atoms with Gasteiger partial charge in [-0.15, -0.1) is 0 Å². The zero-order chi connectivity index (χ0) is 23.0. The van der Waals surface area contributed by atoms with E-state index in [0.717, 1.165) is 69.6 Å². The van der Waals surface area contributed by atoms with Crippen molar-refractivity contribution < 1.29 is 9.53 Å². The van der Waals surface area contributed by atoms with Crippen LogP contribution >= 0.6 is 0 Å². The molecule has 6 heteroatoms. The molecule has 1 aromatic rings. The number of ether oxygens (including phenoxy) is 1. The summed E-state index contributed by atoms with van der Waals surface area (Å²) in [6.07, 6.45) is 8.21. The molecule has 0 bridgehead atoms. The first-order valence-electron chi connectivity index (χ1n) is 12.0. The lowest BCUT2D eigenvalue weighted by molar-refractivity contribution is 0.0486. The Kier molecular flexibility index (Phi) is 8.74. The minimum Gasteiger partial charge on any atom is -0.444 e. The van der Waals surface area contributed by atoms with Crippen LogP contribution in [0, 0.1) is 11.3 Å². The molecule has 0 radical (unpaired) electrons. The van der Waals surface area contributed by atoms with Crippen molar-refractivity contribution in [3.63, 3.8) is 0 Å². The SMILES string of the molecule is CC(C)(C)OC(=O)N[C@H]1CC[C@H](CCN2CC/C(=C/NCc3ccccc3)C(=N)C2)CC1. The maximum absolute atomic E-state index is 12.0. The molecule has 1 aliphatic carbocycles. The Morgan fingerprint density at radius 3 is 2.56 bits per heavy atom. The highest BCUT2D eigenvalue weighted by Crippen LogP contribution is 2.28. The van der Waals surface area contributed by atoms with E-state index in [1.807, 2.05) is 33.0 Å². The Balaban J connectivity index is 1.31. The van der Waals surface area contributed by atoms with Gasteiger partial charge in [-0.2, -0.15) is 0 Å². The highest BCUT2D eigenvalue weighted by Gasteiger charge is 2.26. The molecule has 0 atom stereocenters. The molecule has 3 N–H and O–H groups in total. The fourth-order valence-corrected chi connectivity index (χ4v) is 4.51. The number of likely N-dealkylation sites (tertiary alicyclic amines) is 1. The molecular formula is C26H40N4O2. The Labute approximate surface area is 193 Å². The van der Waals surface area contributed by atoms with Gasteiger partial charge in [-0.25, -0.2) is 4.79 Å². The zero-order valence-corrected chi connectivity index (χ0v) is 20.0. The summed E-state index contributed by atoms with van der Waals surface area (Å²) in [5, 5.41) is 14.8. The van der Waals surface area contributed by atoms with Crippen molar-refractivity contribution in [1.29, 1.82) is 5.41 Å². The average molecular weight is 441 g/mol. The van der Waals surface area contributed by atoms with Crippen LogP contribution in [-0.2, 0) is 11.3 Å². The molecule has 1 aliphatic heterocycles. The van der Waals surface area contributed by atoms with Crippen LogP contribution in [0.2, 0.25) is 0 Å². The van der Waals surface area contributed by atoms with E-state index in [-0.39, 0.29) is 12.1 Å². The van der Waals surface area contributed by atoms with Crippen molar-refractivity contribution in [2.24, 2.45) is 5.92 Å². The molecule has 32 heavy (non-hydrogen) atoms. The van der Waals surface area contributed by atoms with E-state index in [0.29, 0.717) is 5.92 Å². The molecule has 0 aromatic heterocycles. The van der Waals surface area contributed by atoms with Gasteiger partial charge < -0.3 is 20.8 Å². The number of carbonyl (C=O) groups is 1. The third-order valence-corrected chi connectivity index (χ3v) is 6.31. The van der Waals surface area contributed by atoms with Crippen LogP contribution in [0.15, 0.2) is 42.1 Å². The van der Waals surface area contributed by atoms with Crippen molar-refractivity contribution in [1.82, 2.24) is 15.5 Å². The zero-order valence-electron chi connectivity index (χ0n) is 20.0. The number of hydrogen-bond acceptors (Lipinski definition) is 5. The Bertz CT molecular complexity index is 777. The number of rotatable bonds is 7. The van der Waals surface area contributed by atoms with Gasteiger partial charge in [0.1, 0.15) is 5.60 Å². The summed E-state index contributed by atoms with van der Waals surface area (Å²) in [6, 6.07) is 10.6. The molecule has 1 saturated carbocycles. The van der Waals surface area contributed by atoms with Gasteiger partial charge in [-0.05, 0) is 82.9 Å². The Morgan fingerprint density at radius 1 is 1.19 bits per heavy atom. The lowest BCUT2D eigenvalue weighted by Gasteiger charge is -2.33. The van der Waals surface area contributed by atoms with Gasteiger partial charge >= 0.3 is 6.09 Å². The molecular weight excluding hydrogens is 400 g/mol. The Morgan fingerprint density at radius 2 is 1.91 bits per heavy atom. The predicted octanol–water partition coefficient (Wildman–Crippen LogP) is 4.86. The summed E-state index contributed by atoms with van der Waals surface area (Å²) >= 11 is 0. The molecule has 2 fully saturated rings. The van der Waals surface area contributed by atoms with E-state index in [4.69, 9.17) is 10.1 Å². The first kappa shape index (κ1) is 24.3. The van der Waals surface area contributed by atoms with Crippen LogP contribution in [0.25, 0.3) is 0 Å². The number of nitrogens with zero attached hydrogens (tertiary/aromatic N) is 1. The second kappa shape index (κ2) is 11.5. The first-order valence-corrected chi connectivity index (χ1v) is 12.0. The van der Waals surface area contributed by atoms with Crippen molar-refractivity contribution >= 4 is 11.8 Å². The highest BCUT2D eigenvalue weighted by atomic mass is 16.6. The van der Waals surface area contributed by atoms with Crippen molar-refractivity contribution in [2.45, 2.75) is 77.5 Å². The Hall–Kier alpha value is -2.34. The molecule has 176 valence electrons.